The number of aryl methyl sites for hydroxylation is 3. The quantitative estimate of drug-likeness (QED) is 0.633. The normalized spacial score (nSPS) is 11.6. The number of benzene rings is 2. The SMILES string of the molecule is CCCc1ccc(S(=O)(=O)Nc2c(C)nn(Cc3ccccc3C)c2C)cc1. The topological polar surface area (TPSA) is 64.0 Å². The van der Waals surface area contributed by atoms with Crippen LogP contribution in [-0.2, 0) is 23.0 Å². The van der Waals surface area contributed by atoms with E-state index < -0.39 is 10.0 Å². The molecule has 0 spiro atoms. The lowest BCUT2D eigenvalue weighted by Crippen LogP contribution is -2.14. The number of nitrogens with zero attached hydrogens (tertiary/aromatic N) is 2. The average molecular weight is 398 g/mol. The highest BCUT2D eigenvalue weighted by Gasteiger charge is 2.20. The van der Waals surface area contributed by atoms with Crippen molar-refractivity contribution >= 4 is 15.7 Å². The minimum Gasteiger partial charge on any atom is -0.276 e. The fourth-order valence-corrected chi connectivity index (χ4v) is 4.44. The van der Waals surface area contributed by atoms with E-state index in [2.05, 4.69) is 35.8 Å². The van der Waals surface area contributed by atoms with E-state index in [1.165, 1.54) is 5.56 Å². The largest absolute Gasteiger partial charge is 0.276 e. The van der Waals surface area contributed by atoms with Crippen LogP contribution in [0, 0.1) is 20.8 Å². The molecule has 0 aliphatic heterocycles. The van der Waals surface area contributed by atoms with E-state index in [9.17, 15) is 8.42 Å². The summed E-state index contributed by atoms with van der Waals surface area (Å²) in [7, 11) is -3.66. The third-order valence-electron chi connectivity index (χ3n) is 4.97. The molecule has 0 radical (unpaired) electrons. The standard InChI is InChI=1S/C22H27N3O2S/c1-5-8-19-11-13-21(14-12-19)28(26,27)24-22-17(3)23-25(18(22)4)15-20-10-7-6-9-16(20)2/h6-7,9-14,24H,5,8,15H2,1-4H3. The lowest BCUT2D eigenvalue weighted by molar-refractivity contribution is 0.601. The number of sulfonamides is 1. The van der Waals surface area contributed by atoms with Crippen molar-refractivity contribution in [3.63, 3.8) is 0 Å². The molecule has 28 heavy (non-hydrogen) atoms. The van der Waals surface area contributed by atoms with E-state index >= 15 is 0 Å². The van der Waals surface area contributed by atoms with Gasteiger partial charge in [-0.05, 0) is 56.0 Å². The zero-order valence-corrected chi connectivity index (χ0v) is 17.7. The van der Waals surface area contributed by atoms with Crippen molar-refractivity contribution in [2.24, 2.45) is 0 Å². The Morgan fingerprint density at radius 2 is 1.68 bits per heavy atom. The van der Waals surface area contributed by atoms with Crippen LogP contribution < -0.4 is 4.72 Å². The van der Waals surface area contributed by atoms with Crippen molar-refractivity contribution in [1.29, 1.82) is 0 Å². The van der Waals surface area contributed by atoms with Gasteiger partial charge in [0.25, 0.3) is 10.0 Å². The van der Waals surface area contributed by atoms with E-state index in [-0.39, 0.29) is 4.90 Å². The first kappa shape index (κ1) is 20.1. The van der Waals surface area contributed by atoms with Crippen LogP contribution in [0.5, 0.6) is 0 Å². The molecular formula is C22H27N3O2S. The van der Waals surface area contributed by atoms with Crippen molar-refractivity contribution in [2.75, 3.05) is 4.72 Å². The molecule has 5 nitrogen and oxygen atoms in total. The summed E-state index contributed by atoms with van der Waals surface area (Å²) in [6.07, 6.45) is 1.97. The summed E-state index contributed by atoms with van der Waals surface area (Å²) >= 11 is 0. The fraction of sp³-hybridized carbons (Fsp3) is 0.318. The second-order valence-electron chi connectivity index (χ2n) is 7.13. The van der Waals surface area contributed by atoms with Gasteiger partial charge < -0.3 is 0 Å². The van der Waals surface area contributed by atoms with Gasteiger partial charge in [-0.1, -0.05) is 49.7 Å². The van der Waals surface area contributed by atoms with Crippen LogP contribution in [0.4, 0.5) is 5.69 Å². The summed E-state index contributed by atoms with van der Waals surface area (Å²) < 4.78 is 30.3. The summed E-state index contributed by atoms with van der Waals surface area (Å²) in [4.78, 5) is 0.262. The van der Waals surface area contributed by atoms with E-state index in [1.807, 2.05) is 42.8 Å². The second-order valence-corrected chi connectivity index (χ2v) is 8.81. The summed E-state index contributed by atoms with van der Waals surface area (Å²) in [5.74, 6) is 0. The highest BCUT2D eigenvalue weighted by molar-refractivity contribution is 7.92. The molecule has 0 saturated heterocycles. The maximum Gasteiger partial charge on any atom is 0.262 e. The maximum absolute atomic E-state index is 12.8. The van der Waals surface area contributed by atoms with Crippen LogP contribution in [0.2, 0.25) is 0 Å². The smallest absolute Gasteiger partial charge is 0.262 e. The molecule has 0 amide bonds. The molecule has 2 aromatic carbocycles. The first-order chi connectivity index (χ1) is 13.3. The van der Waals surface area contributed by atoms with Gasteiger partial charge >= 0.3 is 0 Å². The van der Waals surface area contributed by atoms with Crippen LogP contribution in [0.25, 0.3) is 0 Å². The molecule has 1 aromatic heterocycles. The van der Waals surface area contributed by atoms with Crippen LogP contribution in [0.1, 0.15) is 41.4 Å². The van der Waals surface area contributed by atoms with Crippen LogP contribution >= 0.6 is 0 Å². The predicted octanol–water partition coefficient (Wildman–Crippen LogP) is 4.61. The minimum atomic E-state index is -3.66. The molecule has 1 heterocycles. The van der Waals surface area contributed by atoms with Crippen molar-refractivity contribution in [1.82, 2.24) is 9.78 Å². The summed E-state index contributed by atoms with van der Waals surface area (Å²) in [6, 6.07) is 15.2. The summed E-state index contributed by atoms with van der Waals surface area (Å²) in [5.41, 5.74) is 5.49. The highest BCUT2D eigenvalue weighted by Crippen LogP contribution is 2.24. The van der Waals surface area contributed by atoms with Crippen LogP contribution in [0.15, 0.2) is 53.4 Å². The molecule has 0 bridgehead atoms. The van der Waals surface area contributed by atoms with Crippen LogP contribution in [-0.4, -0.2) is 18.2 Å². The van der Waals surface area contributed by atoms with Gasteiger partial charge in [0, 0.05) is 0 Å². The monoisotopic (exact) mass is 397 g/mol. The average Bonchev–Trinajstić information content (AvgIpc) is 2.91. The molecule has 0 fully saturated rings. The van der Waals surface area contributed by atoms with Crippen molar-refractivity contribution in [3.8, 4) is 0 Å². The van der Waals surface area contributed by atoms with Gasteiger partial charge in [0.2, 0.25) is 0 Å². The Morgan fingerprint density at radius 1 is 1.00 bits per heavy atom. The van der Waals surface area contributed by atoms with E-state index in [1.54, 1.807) is 12.1 Å². The van der Waals surface area contributed by atoms with Gasteiger partial charge in [-0.3, -0.25) is 9.40 Å². The maximum atomic E-state index is 12.8. The molecule has 3 aromatic rings. The van der Waals surface area contributed by atoms with Gasteiger partial charge in [-0.15, -0.1) is 0 Å². The summed E-state index contributed by atoms with van der Waals surface area (Å²) in [5, 5.41) is 4.55. The summed E-state index contributed by atoms with van der Waals surface area (Å²) in [6.45, 7) is 8.48. The number of rotatable bonds is 7. The molecule has 0 saturated carbocycles. The number of aromatic nitrogens is 2. The molecule has 1 N–H and O–H groups in total. The molecule has 0 atom stereocenters. The zero-order chi connectivity index (χ0) is 20.3. The Balaban J connectivity index is 1.86. The first-order valence-corrected chi connectivity index (χ1v) is 11.0. The number of anilines is 1. The number of nitrogens with one attached hydrogen (secondary N) is 1. The highest BCUT2D eigenvalue weighted by atomic mass is 32.2. The third-order valence-corrected chi connectivity index (χ3v) is 6.34. The molecule has 3 rings (SSSR count). The molecule has 0 aliphatic carbocycles. The molecular weight excluding hydrogens is 370 g/mol. The lowest BCUT2D eigenvalue weighted by atomic mass is 10.1. The van der Waals surface area contributed by atoms with Gasteiger partial charge in [-0.25, -0.2) is 8.42 Å². The lowest BCUT2D eigenvalue weighted by Gasteiger charge is -2.10. The van der Waals surface area contributed by atoms with Crippen molar-refractivity contribution in [3.05, 3.63) is 76.6 Å². The van der Waals surface area contributed by atoms with Crippen LogP contribution in [0.3, 0.4) is 0 Å². The fourth-order valence-electron chi connectivity index (χ4n) is 3.26. The second kappa shape index (κ2) is 8.19. The van der Waals surface area contributed by atoms with Crippen molar-refractivity contribution in [2.45, 2.75) is 52.0 Å². The Labute approximate surface area is 167 Å². The predicted molar refractivity (Wildman–Crippen MR) is 113 cm³/mol. The Morgan fingerprint density at radius 3 is 2.32 bits per heavy atom. The minimum absolute atomic E-state index is 0.262. The molecule has 0 unspecified atom stereocenters. The van der Waals surface area contributed by atoms with E-state index in [4.69, 9.17) is 0 Å². The Bertz CT molecular complexity index is 1070. The van der Waals surface area contributed by atoms with E-state index in [0.29, 0.717) is 17.9 Å². The van der Waals surface area contributed by atoms with Gasteiger partial charge in [0.1, 0.15) is 0 Å². The van der Waals surface area contributed by atoms with Gasteiger partial charge in [-0.2, -0.15) is 5.10 Å². The Kier molecular flexibility index (Phi) is 5.89. The van der Waals surface area contributed by atoms with E-state index in [0.717, 1.165) is 29.7 Å². The molecule has 148 valence electrons. The third kappa shape index (κ3) is 4.28. The molecule has 6 heteroatoms. The van der Waals surface area contributed by atoms with Gasteiger partial charge in [0.15, 0.2) is 0 Å². The van der Waals surface area contributed by atoms with Crippen molar-refractivity contribution < 1.29 is 8.42 Å². The zero-order valence-electron chi connectivity index (χ0n) is 16.9. The number of hydrogen-bond acceptors (Lipinski definition) is 3. The Hall–Kier alpha value is -2.60. The van der Waals surface area contributed by atoms with Gasteiger partial charge in [0.05, 0.1) is 28.5 Å². The number of hydrogen-bond donors (Lipinski definition) is 1. The first-order valence-electron chi connectivity index (χ1n) is 9.52. The molecule has 0 aliphatic rings.